The predicted octanol–water partition coefficient (Wildman–Crippen LogP) is 2.92. The Labute approximate surface area is 168 Å². The summed E-state index contributed by atoms with van der Waals surface area (Å²) in [5.41, 5.74) is -0.464. The van der Waals surface area contributed by atoms with E-state index in [1.54, 1.807) is 11.9 Å². The molecule has 2 N–H and O–H groups in total. The Balaban J connectivity index is 0.00000529. The van der Waals surface area contributed by atoms with Gasteiger partial charge in [0.1, 0.15) is 5.60 Å². The maximum absolute atomic E-state index is 12.1. The average molecular weight is 472 g/mol. The van der Waals surface area contributed by atoms with E-state index < -0.39 is 5.60 Å². The fraction of sp³-hybridized carbons (Fsp3) is 0.875. The largest absolute Gasteiger partial charge is 0.444 e. The lowest BCUT2D eigenvalue weighted by Crippen LogP contribution is -2.45. The summed E-state index contributed by atoms with van der Waals surface area (Å²) < 4.78 is 5.40. The lowest BCUT2D eigenvalue weighted by Gasteiger charge is -2.26. The summed E-state index contributed by atoms with van der Waals surface area (Å²) in [6, 6.07) is 0. The molecule has 1 fully saturated rings. The van der Waals surface area contributed by atoms with Gasteiger partial charge in [0.2, 0.25) is 0 Å². The van der Waals surface area contributed by atoms with Gasteiger partial charge in [-0.1, -0.05) is 0 Å². The smallest absolute Gasteiger partial charge is 0.410 e. The van der Waals surface area contributed by atoms with Crippen molar-refractivity contribution < 1.29 is 9.53 Å². The third kappa shape index (κ3) is 9.80. The molecule has 1 saturated heterocycles. The highest BCUT2D eigenvalue weighted by Crippen LogP contribution is 2.25. The lowest BCUT2D eigenvalue weighted by molar-refractivity contribution is 0.0264. The van der Waals surface area contributed by atoms with Crippen molar-refractivity contribution in [1.82, 2.24) is 15.5 Å². The van der Waals surface area contributed by atoms with Crippen molar-refractivity contribution in [2.75, 3.05) is 39.0 Å². The summed E-state index contributed by atoms with van der Waals surface area (Å²) in [6.07, 6.45) is 2.31. The van der Waals surface area contributed by atoms with E-state index in [0.717, 1.165) is 12.5 Å². The lowest BCUT2D eigenvalue weighted by atomic mass is 10.2. The summed E-state index contributed by atoms with van der Waals surface area (Å²) >= 11 is 2.02. The Hall–Kier alpha value is -0.380. The fourth-order valence-electron chi connectivity index (χ4n) is 2.25. The predicted molar refractivity (Wildman–Crippen MR) is 114 cm³/mol. The molecule has 1 atom stereocenters. The van der Waals surface area contributed by atoms with Gasteiger partial charge in [-0.05, 0) is 46.3 Å². The van der Waals surface area contributed by atoms with Gasteiger partial charge in [0, 0.05) is 38.5 Å². The van der Waals surface area contributed by atoms with Crippen LogP contribution in [0.5, 0.6) is 0 Å². The number of likely N-dealkylation sites (N-methyl/N-ethyl adjacent to an activating group) is 1. The van der Waals surface area contributed by atoms with Crippen LogP contribution < -0.4 is 10.6 Å². The van der Waals surface area contributed by atoms with Crippen LogP contribution in [0.3, 0.4) is 0 Å². The molecule has 24 heavy (non-hydrogen) atoms. The minimum Gasteiger partial charge on any atom is -0.444 e. The molecule has 0 aromatic rings. The fourth-order valence-corrected chi connectivity index (χ4v) is 3.45. The Morgan fingerprint density at radius 3 is 2.58 bits per heavy atom. The van der Waals surface area contributed by atoms with Crippen LogP contribution in [0.4, 0.5) is 4.79 Å². The van der Waals surface area contributed by atoms with Gasteiger partial charge in [-0.25, -0.2) is 4.79 Å². The van der Waals surface area contributed by atoms with Crippen LogP contribution in [0.1, 0.15) is 40.5 Å². The van der Waals surface area contributed by atoms with E-state index in [4.69, 9.17) is 4.74 Å². The first-order valence-corrected chi connectivity index (χ1v) is 9.44. The number of thioether (sulfide) groups is 1. The molecule has 0 radical (unpaired) electrons. The van der Waals surface area contributed by atoms with Crippen LogP contribution in [0.25, 0.3) is 0 Å². The van der Waals surface area contributed by atoms with Crippen molar-refractivity contribution in [3.05, 3.63) is 0 Å². The zero-order valence-corrected chi connectivity index (χ0v) is 18.7. The van der Waals surface area contributed by atoms with Crippen molar-refractivity contribution in [1.29, 1.82) is 0 Å². The number of halogens is 1. The third-order valence-corrected chi connectivity index (χ3v) is 4.85. The minimum atomic E-state index is -0.464. The van der Waals surface area contributed by atoms with E-state index in [2.05, 4.69) is 15.6 Å². The Morgan fingerprint density at radius 1 is 1.38 bits per heavy atom. The number of hydrogen-bond acceptors (Lipinski definition) is 4. The summed E-state index contributed by atoms with van der Waals surface area (Å²) in [7, 11) is 1.77. The van der Waals surface area contributed by atoms with Crippen LogP contribution >= 0.6 is 35.7 Å². The number of hydrogen-bond donors (Lipinski definition) is 2. The molecule has 0 aromatic heterocycles. The first-order valence-electron chi connectivity index (χ1n) is 8.39. The van der Waals surface area contributed by atoms with Crippen molar-refractivity contribution in [2.24, 2.45) is 4.99 Å². The van der Waals surface area contributed by atoms with Crippen molar-refractivity contribution in [2.45, 2.75) is 51.4 Å². The molecule has 1 heterocycles. The van der Waals surface area contributed by atoms with Gasteiger partial charge in [-0.3, -0.25) is 4.99 Å². The SMILES string of the molecule is CCN(CCNC(=NC)NCC1CCCS1)C(=O)OC(C)(C)C.I. The van der Waals surface area contributed by atoms with E-state index in [1.807, 2.05) is 39.5 Å². The quantitative estimate of drug-likeness (QED) is 0.354. The molecule has 0 spiro atoms. The second-order valence-electron chi connectivity index (χ2n) is 6.57. The number of nitrogens with zero attached hydrogens (tertiary/aromatic N) is 2. The molecule has 0 bridgehead atoms. The van der Waals surface area contributed by atoms with Crippen LogP contribution in [0.15, 0.2) is 4.99 Å². The number of carbonyl (C=O) groups excluding carboxylic acids is 1. The molecule has 6 nitrogen and oxygen atoms in total. The van der Waals surface area contributed by atoms with Crippen LogP contribution in [0, 0.1) is 0 Å². The number of nitrogens with one attached hydrogen (secondary N) is 2. The van der Waals surface area contributed by atoms with E-state index >= 15 is 0 Å². The number of ether oxygens (including phenoxy) is 1. The van der Waals surface area contributed by atoms with E-state index in [1.165, 1.54) is 18.6 Å². The molecule has 1 amide bonds. The number of carbonyl (C=O) groups is 1. The summed E-state index contributed by atoms with van der Waals surface area (Å²) in [6.45, 7) is 10.4. The van der Waals surface area contributed by atoms with E-state index in [9.17, 15) is 4.79 Å². The number of rotatable bonds is 6. The van der Waals surface area contributed by atoms with Gasteiger partial charge in [0.15, 0.2) is 5.96 Å². The minimum absolute atomic E-state index is 0. The van der Waals surface area contributed by atoms with Gasteiger partial charge in [-0.2, -0.15) is 11.8 Å². The van der Waals surface area contributed by atoms with Gasteiger partial charge in [0.05, 0.1) is 0 Å². The third-order valence-electron chi connectivity index (χ3n) is 3.45. The maximum Gasteiger partial charge on any atom is 0.410 e. The Bertz CT molecular complexity index is 396. The Kier molecular flexibility index (Phi) is 11.9. The van der Waals surface area contributed by atoms with Crippen LogP contribution in [-0.2, 0) is 4.74 Å². The summed E-state index contributed by atoms with van der Waals surface area (Å²) in [5.74, 6) is 2.05. The number of amides is 1. The van der Waals surface area contributed by atoms with Gasteiger partial charge < -0.3 is 20.3 Å². The standard InChI is InChI=1S/C16H32N4O2S.HI/c1-6-20(15(21)22-16(2,3)4)10-9-18-14(17-5)19-12-13-8-7-11-23-13;/h13H,6-12H2,1-5H3,(H2,17,18,19);1H. The summed E-state index contributed by atoms with van der Waals surface area (Å²) in [5, 5.41) is 7.29. The highest BCUT2D eigenvalue weighted by molar-refractivity contribution is 14.0. The van der Waals surface area contributed by atoms with E-state index in [-0.39, 0.29) is 30.1 Å². The highest BCUT2D eigenvalue weighted by atomic mass is 127. The second-order valence-corrected chi connectivity index (χ2v) is 7.98. The normalized spacial score (nSPS) is 17.9. The van der Waals surface area contributed by atoms with Crippen molar-refractivity contribution in [3.63, 3.8) is 0 Å². The Morgan fingerprint density at radius 2 is 2.08 bits per heavy atom. The molecular formula is C16H33IN4O2S. The van der Waals surface area contributed by atoms with Crippen LogP contribution in [-0.4, -0.2) is 66.8 Å². The topological polar surface area (TPSA) is 66.0 Å². The molecule has 1 aliphatic heterocycles. The molecule has 1 unspecified atom stereocenters. The van der Waals surface area contributed by atoms with Crippen LogP contribution in [0.2, 0.25) is 0 Å². The molecule has 1 rings (SSSR count). The molecule has 8 heteroatoms. The molecule has 0 saturated carbocycles. The molecule has 142 valence electrons. The summed E-state index contributed by atoms with van der Waals surface area (Å²) in [4.78, 5) is 18.0. The monoisotopic (exact) mass is 472 g/mol. The molecular weight excluding hydrogens is 439 g/mol. The average Bonchev–Trinajstić information content (AvgIpc) is 2.98. The number of guanidine groups is 1. The first kappa shape index (κ1) is 23.6. The second kappa shape index (κ2) is 12.1. The zero-order valence-electron chi connectivity index (χ0n) is 15.6. The van der Waals surface area contributed by atoms with Crippen molar-refractivity contribution >= 4 is 47.8 Å². The highest BCUT2D eigenvalue weighted by Gasteiger charge is 2.21. The molecule has 0 aromatic carbocycles. The number of aliphatic imine (C=N–C) groups is 1. The van der Waals surface area contributed by atoms with E-state index in [0.29, 0.717) is 24.9 Å². The molecule has 0 aliphatic carbocycles. The van der Waals surface area contributed by atoms with Gasteiger partial charge in [-0.15, -0.1) is 24.0 Å². The van der Waals surface area contributed by atoms with Gasteiger partial charge >= 0.3 is 6.09 Å². The molecule has 1 aliphatic rings. The first-order chi connectivity index (χ1) is 10.9. The maximum atomic E-state index is 12.1. The zero-order chi connectivity index (χ0) is 17.3. The van der Waals surface area contributed by atoms with Crippen molar-refractivity contribution in [3.8, 4) is 0 Å². The van der Waals surface area contributed by atoms with Gasteiger partial charge in [0.25, 0.3) is 0 Å².